The number of ether oxygens (including phenoxy) is 3. The summed E-state index contributed by atoms with van der Waals surface area (Å²) in [5.41, 5.74) is 3.81. The molecule has 0 saturated heterocycles. The fourth-order valence-electron chi connectivity index (χ4n) is 4.00. The van der Waals surface area contributed by atoms with Gasteiger partial charge in [-0.3, -0.25) is 9.59 Å². The van der Waals surface area contributed by atoms with Crippen molar-refractivity contribution in [2.45, 2.75) is 19.8 Å². The fraction of sp³-hybridized carbons (Fsp3) is 0.269. The van der Waals surface area contributed by atoms with Crippen LogP contribution in [0.4, 0.5) is 5.69 Å². The first-order valence-electron chi connectivity index (χ1n) is 11.1. The third-order valence-corrected chi connectivity index (χ3v) is 6.06. The van der Waals surface area contributed by atoms with Crippen LogP contribution >= 0.6 is 0 Å². The molecule has 0 aliphatic rings. The molecule has 35 heavy (non-hydrogen) atoms. The highest BCUT2D eigenvalue weighted by Crippen LogP contribution is 2.32. The van der Waals surface area contributed by atoms with Crippen LogP contribution in [0.1, 0.15) is 17.7 Å². The van der Waals surface area contributed by atoms with Gasteiger partial charge in [-0.15, -0.1) is 0 Å². The largest absolute Gasteiger partial charge is 0.497 e. The Morgan fingerprint density at radius 2 is 1.77 bits per heavy atom. The van der Waals surface area contributed by atoms with Crippen molar-refractivity contribution in [3.8, 4) is 28.5 Å². The second kappa shape index (κ2) is 9.92. The normalized spacial score (nSPS) is 10.9. The number of rotatable bonds is 8. The number of fused-ring (bicyclic) bond motifs is 1. The lowest BCUT2D eigenvalue weighted by Crippen LogP contribution is -2.26. The summed E-state index contributed by atoms with van der Waals surface area (Å²) >= 11 is 0. The smallest absolute Gasteiger partial charge is 0.277 e. The maximum Gasteiger partial charge on any atom is 0.277 e. The summed E-state index contributed by atoms with van der Waals surface area (Å²) in [6, 6.07) is 14.5. The predicted octanol–water partition coefficient (Wildman–Crippen LogP) is 3.61. The lowest BCUT2D eigenvalue weighted by atomic mass is 10.1. The van der Waals surface area contributed by atoms with Gasteiger partial charge in [-0.2, -0.15) is 9.61 Å². The van der Waals surface area contributed by atoms with Crippen LogP contribution in [-0.4, -0.2) is 41.4 Å². The molecular weight excluding hydrogens is 448 g/mol. The Morgan fingerprint density at radius 3 is 2.49 bits per heavy atom. The number of hydrogen-bond acceptors (Lipinski definition) is 6. The molecule has 0 radical (unpaired) electrons. The Labute approximate surface area is 202 Å². The van der Waals surface area contributed by atoms with Crippen molar-refractivity contribution in [3.63, 3.8) is 0 Å². The van der Waals surface area contributed by atoms with Crippen molar-refractivity contribution in [1.82, 2.24) is 14.2 Å². The Kier molecular flexibility index (Phi) is 6.77. The number of benzene rings is 2. The van der Waals surface area contributed by atoms with E-state index in [0.29, 0.717) is 39.8 Å². The molecule has 9 heteroatoms. The summed E-state index contributed by atoms with van der Waals surface area (Å²) in [6.45, 7) is 1.87. The first-order chi connectivity index (χ1) is 16.9. The SMILES string of the molecule is COc1cccc(NC(=O)CCc2c(C)n(C)c3cc(-c4ccc(OC)c(OC)c4)nn3c2=O)c1. The quantitative estimate of drug-likeness (QED) is 0.417. The molecule has 2 heterocycles. The Hall–Kier alpha value is -4.27. The molecule has 182 valence electrons. The third-order valence-electron chi connectivity index (χ3n) is 6.06. The molecular formula is C26H28N4O5. The van der Waals surface area contributed by atoms with Crippen LogP contribution in [0.25, 0.3) is 16.9 Å². The van der Waals surface area contributed by atoms with Crippen molar-refractivity contribution in [3.05, 3.63) is 70.1 Å². The molecule has 0 aliphatic carbocycles. The van der Waals surface area contributed by atoms with Crippen molar-refractivity contribution < 1.29 is 19.0 Å². The van der Waals surface area contributed by atoms with E-state index in [2.05, 4.69) is 10.4 Å². The number of amides is 1. The van der Waals surface area contributed by atoms with Gasteiger partial charge in [0.1, 0.15) is 11.4 Å². The van der Waals surface area contributed by atoms with E-state index in [1.807, 2.05) is 36.7 Å². The first kappa shape index (κ1) is 23.9. The number of carbonyl (C=O) groups is 1. The van der Waals surface area contributed by atoms with Crippen molar-refractivity contribution in [1.29, 1.82) is 0 Å². The average Bonchev–Trinajstić information content (AvgIpc) is 3.33. The maximum atomic E-state index is 13.3. The Morgan fingerprint density at radius 1 is 1.00 bits per heavy atom. The predicted molar refractivity (Wildman–Crippen MR) is 134 cm³/mol. The van der Waals surface area contributed by atoms with Crippen molar-refractivity contribution in [2.75, 3.05) is 26.6 Å². The van der Waals surface area contributed by atoms with Gasteiger partial charge in [-0.25, -0.2) is 0 Å². The van der Waals surface area contributed by atoms with E-state index >= 15 is 0 Å². The molecule has 0 atom stereocenters. The summed E-state index contributed by atoms with van der Waals surface area (Å²) in [6.07, 6.45) is 0.443. The summed E-state index contributed by atoms with van der Waals surface area (Å²) in [7, 11) is 6.60. The number of aryl methyl sites for hydroxylation is 1. The number of methoxy groups -OCH3 is 3. The van der Waals surface area contributed by atoms with Crippen molar-refractivity contribution >= 4 is 17.2 Å². The van der Waals surface area contributed by atoms with Gasteiger partial charge < -0.3 is 24.1 Å². The van der Waals surface area contributed by atoms with Gasteiger partial charge in [0, 0.05) is 48.1 Å². The molecule has 0 aliphatic heterocycles. The van der Waals surface area contributed by atoms with Crippen LogP contribution in [0.2, 0.25) is 0 Å². The van der Waals surface area contributed by atoms with E-state index in [1.165, 1.54) is 4.52 Å². The van der Waals surface area contributed by atoms with Crippen LogP contribution in [0.15, 0.2) is 53.3 Å². The van der Waals surface area contributed by atoms with Gasteiger partial charge in [0.2, 0.25) is 5.91 Å². The molecule has 0 unspecified atom stereocenters. The zero-order valence-electron chi connectivity index (χ0n) is 20.4. The van der Waals surface area contributed by atoms with Crippen molar-refractivity contribution in [2.24, 2.45) is 7.05 Å². The zero-order chi connectivity index (χ0) is 25.1. The summed E-state index contributed by atoms with van der Waals surface area (Å²) in [5, 5.41) is 7.41. The Bertz CT molecular complexity index is 1450. The van der Waals surface area contributed by atoms with E-state index in [9.17, 15) is 9.59 Å². The van der Waals surface area contributed by atoms with Gasteiger partial charge in [-0.05, 0) is 43.7 Å². The van der Waals surface area contributed by atoms with Crippen LogP contribution in [-0.2, 0) is 18.3 Å². The molecule has 0 bridgehead atoms. The number of hydrogen-bond donors (Lipinski definition) is 1. The molecule has 2 aromatic carbocycles. The Balaban J connectivity index is 1.61. The number of nitrogens with zero attached hydrogens (tertiary/aromatic N) is 3. The lowest BCUT2D eigenvalue weighted by molar-refractivity contribution is -0.116. The summed E-state index contributed by atoms with van der Waals surface area (Å²) < 4.78 is 19.2. The molecule has 0 fully saturated rings. The van der Waals surface area contributed by atoms with E-state index < -0.39 is 0 Å². The minimum absolute atomic E-state index is 0.155. The summed E-state index contributed by atoms with van der Waals surface area (Å²) in [5.74, 6) is 1.65. The molecule has 2 aromatic heterocycles. The number of aromatic nitrogens is 3. The minimum Gasteiger partial charge on any atom is -0.497 e. The van der Waals surface area contributed by atoms with Gasteiger partial charge in [0.25, 0.3) is 5.56 Å². The van der Waals surface area contributed by atoms with Gasteiger partial charge in [0.05, 0.1) is 27.0 Å². The van der Waals surface area contributed by atoms with E-state index in [1.54, 1.807) is 51.7 Å². The molecule has 0 spiro atoms. The molecule has 0 saturated carbocycles. The van der Waals surface area contributed by atoms with Crippen LogP contribution in [0, 0.1) is 6.92 Å². The van der Waals surface area contributed by atoms with Crippen LogP contribution in [0.5, 0.6) is 17.2 Å². The number of nitrogens with one attached hydrogen (secondary N) is 1. The number of carbonyl (C=O) groups excluding carboxylic acids is 1. The van der Waals surface area contributed by atoms with Gasteiger partial charge >= 0.3 is 0 Å². The highest BCUT2D eigenvalue weighted by Gasteiger charge is 2.17. The zero-order valence-corrected chi connectivity index (χ0v) is 20.4. The third kappa shape index (κ3) is 4.70. The van der Waals surface area contributed by atoms with E-state index in [0.717, 1.165) is 11.3 Å². The minimum atomic E-state index is -0.239. The average molecular weight is 477 g/mol. The van der Waals surface area contributed by atoms with E-state index in [-0.39, 0.29) is 24.3 Å². The monoisotopic (exact) mass is 476 g/mol. The molecule has 1 N–H and O–H groups in total. The highest BCUT2D eigenvalue weighted by molar-refractivity contribution is 5.91. The number of anilines is 1. The molecule has 4 rings (SSSR count). The lowest BCUT2D eigenvalue weighted by Gasteiger charge is -2.12. The fourth-order valence-corrected chi connectivity index (χ4v) is 4.00. The maximum absolute atomic E-state index is 13.3. The second-order valence-corrected chi connectivity index (χ2v) is 8.08. The van der Waals surface area contributed by atoms with Gasteiger partial charge in [0.15, 0.2) is 11.5 Å². The molecule has 1 amide bonds. The molecule has 9 nitrogen and oxygen atoms in total. The second-order valence-electron chi connectivity index (χ2n) is 8.08. The molecule has 4 aromatic rings. The topological polar surface area (TPSA) is 96.1 Å². The van der Waals surface area contributed by atoms with Gasteiger partial charge in [-0.1, -0.05) is 6.07 Å². The van der Waals surface area contributed by atoms with E-state index in [4.69, 9.17) is 14.2 Å². The highest BCUT2D eigenvalue weighted by atomic mass is 16.5. The first-order valence-corrected chi connectivity index (χ1v) is 11.1. The van der Waals surface area contributed by atoms with Crippen LogP contribution < -0.4 is 25.1 Å². The standard InChI is InChI=1S/C26H28N4O5/c1-16-20(10-12-24(31)27-18-7-6-8-19(14-18)33-3)26(32)30-25(29(16)2)15-21(28-30)17-9-11-22(34-4)23(13-17)35-5/h6-9,11,13-15H,10,12H2,1-5H3,(H,27,31). The summed E-state index contributed by atoms with van der Waals surface area (Å²) in [4.78, 5) is 25.9. The van der Waals surface area contributed by atoms with Crippen LogP contribution in [0.3, 0.4) is 0 Å².